The number of hydrogen-bond donors (Lipinski definition) is 1. The van der Waals surface area contributed by atoms with Gasteiger partial charge in [0.1, 0.15) is 0 Å². The first-order valence-corrected chi connectivity index (χ1v) is 6.19. The molecule has 0 radical (unpaired) electrons. The number of hydrogen-bond acceptors (Lipinski definition) is 1. The first-order valence-electron chi connectivity index (χ1n) is 6.19. The van der Waals surface area contributed by atoms with Crippen LogP contribution in [-0.2, 0) is 6.54 Å². The number of aliphatic imine (C=N–C) groups is 1. The molecule has 100 valence electrons. The van der Waals surface area contributed by atoms with Crippen LogP contribution in [0.25, 0.3) is 0 Å². The van der Waals surface area contributed by atoms with Crippen molar-refractivity contribution < 1.29 is 0 Å². The van der Waals surface area contributed by atoms with Crippen LogP contribution in [0.5, 0.6) is 0 Å². The summed E-state index contributed by atoms with van der Waals surface area (Å²) in [4.78, 5) is 6.69. The SMILES string of the molecule is CC1CC1NC(=NCc1ccccc1)N(C)C.I. The first-order chi connectivity index (χ1) is 8.16. The monoisotopic (exact) mass is 359 g/mol. The summed E-state index contributed by atoms with van der Waals surface area (Å²) in [6, 6.07) is 11.0. The summed E-state index contributed by atoms with van der Waals surface area (Å²) in [7, 11) is 4.06. The van der Waals surface area contributed by atoms with E-state index in [1.54, 1.807) is 0 Å². The molecule has 1 fully saturated rings. The lowest BCUT2D eigenvalue weighted by Gasteiger charge is -2.17. The third kappa shape index (κ3) is 4.48. The fourth-order valence-electron chi connectivity index (χ4n) is 1.75. The predicted octanol–water partition coefficient (Wildman–Crippen LogP) is 2.72. The Kier molecular flexibility index (Phi) is 5.91. The van der Waals surface area contributed by atoms with Crippen molar-refractivity contribution in [1.29, 1.82) is 0 Å². The fourth-order valence-corrected chi connectivity index (χ4v) is 1.75. The van der Waals surface area contributed by atoms with Gasteiger partial charge in [-0.05, 0) is 17.9 Å². The van der Waals surface area contributed by atoms with E-state index in [0.29, 0.717) is 6.04 Å². The van der Waals surface area contributed by atoms with Crippen LogP contribution in [0.4, 0.5) is 0 Å². The Morgan fingerprint density at radius 3 is 2.44 bits per heavy atom. The highest BCUT2D eigenvalue weighted by molar-refractivity contribution is 14.0. The molecule has 0 aromatic heterocycles. The van der Waals surface area contributed by atoms with Crippen molar-refractivity contribution >= 4 is 29.9 Å². The molecule has 0 bridgehead atoms. The summed E-state index contributed by atoms with van der Waals surface area (Å²) < 4.78 is 0. The van der Waals surface area contributed by atoms with Crippen molar-refractivity contribution in [2.24, 2.45) is 10.9 Å². The Balaban J connectivity index is 0.00000162. The third-order valence-electron chi connectivity index (χ3n) is 3.10. The van der Waals surface area contributed by atoms with Gasteiger partial charge in [0.25, 0.3) is 0 Å². The lowest BCUT2D eigenvalue weighted by molar-refractivity contribution is 0.573. The third-order valence-corrected chi connectivity index (χ3v) is 3.10. The molecule has 1 saturated carbocycles. The topological polar surface area (TPSA) is 27.6 Å². The zero-order valence-electron chi connectivity index (χ0n) is 11.3. The molecular formula is C14H22IN3. The van der Waals surface area contributed by atoms with Crippen molar-refractivity contribution in [2.45, 2.75) is 25.9 Å². The van der Waals surface area contributed by atoms with Crippen molar-refractivity contribution in [1.82, 2.24) is 10.2 Å². The average molecular weight is 359 g/mol. The highest BCUT2D eigenvalue weighted by Crippen LogP contribution is 2.28. The van der Waals surface area contributed by atoms with Crippen LogP contribution in [0.3, 0.4) is 0 Å². The van der Waals surface area contributed by atoms with E-state index >= 15 is 0 Å². The van der Waals surface area contributed by atoms with E-state index in [0.717, 1.165) is 18.4 Å². The quantitative estimate of drug-likeness (QED) is 0.511. The molecule has 0 amide bonds. The van der Waals surface area contributed by atoms with Crippen molar-refractivity contribution in [3.63, 3.8) is 0 Å². The maximum atomic E-state index is 4.64. The highest BCUT2D eigenvalue weighted by Gasteiger charge is 2.33. The predicted molar refractivity (Wildman–Crippen MR) is 87.4 cm³/mol. The molecule has 3 nitrogen and oxygen atoms in total. The molecule has 2 atom stereocenters. The molecule has 0 spiro atoms. The minimum absolute atomic E-state index is 0. The molecule has 0 aliphatic heterocycles. The zero-order valence-corrected chi connectivity index (χ0v) is 13.6. The van der Waals surface area contributed by atoms with Gasteiger partial charge >= 0.3 is 0 Å². The lowest BCUT2D eigenvalue weighted by atomic mass is 10.2. The maximum Gasteiger partial charge on any atom is 0.193 e. The number of rotatable bonds is 3. The Morgan fingerprint density at radius 1 is 1.33 bits per heavy atom. The van der Waals surface area contributed by atoms with E-state index < -0.39 is 0 Å². The van der Waals surface area contributed by atoms with Crippen LogP contribution in [0.2, 0.25) is 0 Å². The molecule has 1 aliphatic carbocycles. The second kappa shape index (κ2) is 6.97. The standard InChI is InChI=1S/C14H21N3.HI/c1-11-9-13(11)16-14(17(2)3)15-10-12-7-5-4-6-8-12;/h4-8,11,13H,9-10H2,1-3H3,(H,15,16);1H. The Hall–Kier alpha value is -0.780. The number of halogens is 1. The van der Waals surface area contributed by atoms with Crippen LogP contribution in [-0.4, -0.2) is 31.0 Å². The van der Waals surface area contributed by atoms with E-state index in [1.807, 2.05) is 25.1 Å². The molecule has 0 saturated heterocycles. The summed E-state index contributed by atoms with van der Waals surface area (Å²) in [5.74, 6) is 1.78. The Morgan fingerprint density at radius 2 is 1.94 bits per heavy atom. The molecule has 1 aromatic rings. The van der Waals surface area contributed by atoms with Gasteiger partial charge in [-0.2, -0.15) is 0 Å². The van der Waals surface area contributed by atoms with E-state index in [1.165, 1.54) is 12.0 Å². The molecule has 1 aromatic carbocycles. The van der Waals surface area contributed by atoms with Crippen molar-refractivity contribution in [2.75, 3.05) is 14.1 Å². The molecule has 0 heterocycles. The van der Waals surface area contributed by atoms with E-state index in [-0.39, 0.29) is 24.0 Å². The minimum Gasteiger partial charge on any atom is -0.353 e. The Labute approximate surface area is 127 Å². The minimum atomic E-state index is 0. The van der Waals surface area contributed by atoms with Crippen LogP contribution >= 0.6 is 24.0 Å². The second-order valence-corrected chi connectivity index (χ2v) is 4.98. The van der Waals surface area contributed by atoms with Crippen LogP contribution in [0.15, 0.2) is 35.3 Å². The van der Waals surface area contributed by atoms with Crippen LogP contribution in [0, 0.1) is 5.92 Å². The highest BCUT2D eigenvalue weighted by atomic mass is 127. The maximum absolute atomic E-state index is 4.64. The fraction of sp³-hybridized carbons (Fsp3) is 0.500. The van der Waals surface area contributed by atoms with Gasteiger partial charge in [0.05, 0.1) is 6.54 Å². The molecule has 1 N–H and O–H groups in total. The Bertz CT molecular complexity index is 389. The van der Waals surface area contributed by atoms with Gasteiger partial charge in [0.15, 0.2) is 5.96 Å². The van der Waals surface area contributed by atoms with Crippen LogP contribution < -0.4 is 5.32 Å². The van der Waals surface area contributed by atoms with Gasteiger partial charge in [0, 0.05) is 20.1 Å². The van der Waals surface area contributed by atoms with Gasteiger partial charge in [-0.3, -0.25) is 0 Å². The van der Waals surface area contributed by atoms with Crippen molar-refractivity contribution in [3.05, 3.63) is 35.9 Å². The second-order valence-electron chi connectivity index (χ2n) is 4.98. The average Bonchev–Trinajstić information content (AvgIpc) is 3.01. The summed E-state index contributed by atoms with van der Waals surface area (Å²) in [5.41, 5.74) is 1.25. The van der Waals surface area contributed by atoms with Gasteiger partial charge in [-0.15, -0.1) is 24.0 Å². The molecule has 18 heavy (non-hydrogen) atoms. The lowest BCUT2D eigenvalue weighted by Crippen LogP contribution is -2.38. The van der Waals surface area contributed by atoms with Crippen LogP contribution in [0.1, 0.15) is 18.9 Å². The first kappa shape index (κ1) is 15.3. The van der Waals surface area contributed by atoms with Gasteiger partial charge in [-0.25, -0.2) is 4.99 Å². The van der Waals surface area contributed by atoms with Gasteiger partial charge in [-0.1, -0.05) is 37.3 Å². The molecule has 1 aliphatic rings. The van der Waals surface area contributed by atoms with E-state index in [2.05, 4.69) is 41.5 Å². The van der Waals surface area contributed by atoms with Gasteiger partial charge in [0.2, 0.25) is 0 Å². The van der Waals surface area contributed by atoms with Crippen molar-refractivity contribution in [3.8, 4) is 0 Å². The van der Waals surface area contributed by atoms with E-state index in [9.17, 15) is 0 Å². The molecule has 4 heteroatoms. The normalized spacial score (nSPS) is 22.1. The summed E-state index contributed by atoms with van der Waals surface area (Å²) in [5, 5.41) is 3.49. The number of benzene rings is 1. The zero-order chi connectivity index (χ0) is 12.3. The summed E-state index contributed by atoms with van der Waals surface area (Å²) in [6.45, 7) is 3.00. The van der Waals surface area contributed by atoms with E-state index in [4.69, 9.17) is 0 Å². The molecular weight excluding hydrogens is 337 g/mol. The number of nitrogens with one attached hydrogen (secondary N) is 1. The smallest absolute Gasteiger partial charge is 0.193 e. The largest absolute Gasteiger partial charge is 0.353 e. The molecule has 2 rings (SSSR count). The number of nitrogens with zero attached hydrogens (tertiary/aromatic N) is 2. The molecule has 2 unspecified atom stereocenters. The summed E-state index contributed by atoms with van der Waals surface area (Å²) >= 11 is 0. The summed E-state index contributed by atoms with van der Waals surface area (Å²) in [6.07, 6.45) is 1.26. The number of guanidine groups is 1. The van der Waals surface area contributed by atoms with Gasteiger partial charge < -0.3 is 10.2 Å².